The van der Waals surface area contributed by atoms with Gasteiger partial charge in [0.15, 0.2) is 0 Å². The Kier molecular flexibility index (Phi) is 3.89. The quantitative estimate of drug-likeness (QED) is 0.730. The first-order valence-electron chi connectivity index (χ1n) is 4.28. The average Bonchev–Trinajstić information content (AvgIpc) is 2.26. The third kappa shape index (κ3) is 3.39. The number of rotatable bonds is 4. The maximum Gasteiger partial charge on any atom is 0.295 e. The van der Waals surface area contributed by atoms with E-state index in [0.717, 1.165) is 0 Å². The molecule has 2 N–H and O–H groups in total. The molecule has 0 aromatic heterocycles. The Morgan fingerprint density at radius 2 is 1.53 bits per heavy atom. The summed E-state index contributed by atoms with van der Waals surface area (Å²) in [5.74, 6) is 0. The third-order valence-corrected chi connectivity index (χ3v) is 5.14. The highest BCUT2D eigenvalue weighted by Crippen LogP contribution is 2.25. The van der Waals surface area contributed by atoms with Gasteiger partial charge in [0.05, 0.1) is 4.90 Å². The van der Waals surface area contributed by atoms with E-state index in [1.807, 2.05) is 6.07 Å². The van der Waals surface area contributed by atoms with Gasteiger partial charge in [-0.3, -0.25) is 9.11 Å². The molecule has 19 heavy (non-hydrogen) atoms. The van der Waals surface area contributed by atoms with Gasteiger partial charge in [-0.25, -0.2) is 8.42 Å². The average molecular weight is 327 g/mol. The van der Waals surface area contributed by atoms with Crippen molar-refractivity contribution in [1.29, 1.82) is 0 Å². The van der Waals surface area contributed by atoms with Crippen LogP contribution in [-0.4, -0.2) is 34.4 Å². The zero-order valence-corrected chi connectivity index (χ0v) is 11.5. The van der Waals surface area contributed by atoms with Gasteiger partial charge in [0.1, 0.15) is 9.79 Å². The molecule has 0 aliphatic carbocycles. The first kappa shape index (κ1) is 15.8. The maximum absolute atomic E-state index is 11.5. The lowest BCUT2D eigenvalue weighted by Gasteiger charge is -2.06. The molecule has 0 unspecified atom stereocenters. The maximum atomic E-state index is 11.5. The second-order valence-corrected chi connectivity index (χ2v) is 7.83. The van der Waals surface area contributed by atoms with Crippen LogP contribution in [0.1, 0.15) is 0 Å². The van der Waals surface area contributed by atoms with E-state index in [4.69, 9.17) is 9.11 Å². The van der Waals surface area contributed by atoms with Gasteiger partial charge < -0.3 is 0 Å². The van der Waals surface area contributed by atoms with Crippen LogP contribution in [0.15, 0.2) is 38.8 Å². The minimum atomic E-state index is -5.03. The molecule has 0 spiro atoms. The second-order valence-electron chi connectivity index (χ2n) is 3.19. The summed E-state index contributed by atoms with van der Waals surface area (Å²) in [5, 5.41) is 0.415. The summed E-state index contributed by atoms with van der Waals surface area (Å²) in [7, 11) is -14.1. The Balaban J connectivity index is 3.86. The van der Waals surface area contributed by atoms with E-state index >= 15 is 0 Å². The molecule has 1 radical (unpaired) electrons. The minimum absolute atomic E-state index is 0.279. The number of hydrogen-bond donors (Lipinski definition) is 2. The van der Waals surface area contributed by atoms with E-state index in [9.17, 15) is 25.3 Å². The molecule has 11 heteroatoms. The van der Waals surface area contributed by atoms with Gasteiger partial charge in [-0.15, -0.1) is 0 Å². The summed E-state index contributed by atoms with van der Waals surface area (Å²) >= 11 is 0. The van der Waals surface area contributed by atoms with Crippen molar-refractivity contribution < 1.29 is 34.4 Å². The van der Waals surface area contributed by atoms with E-state index in [2.05, 4.69) is 6.58 Å². The van der Waals surface area contributed by atoms with Crippen molar-refractivity contribution >= 4 is 30.1 Å². The molecule has 0 bridgehead atoms. The Hall–Kier alpha value is -1.27. The molecule has 0 amide bonds. The molecule has 0 saturated heterocycles. The van der Waals surface area contributed by atoms with Crippen molar-refractivity contribution in [1.82, 2.24) is 0 Å². The molecule has 1 rings (SSSR count). The van der Waals surface area contributed by atoms with Crippen LogP contribution in [0.3, 0.4) is 0 Å². The molecule has 105 valence electrons. The number of hydrogen-bond acceptors (Lipinski definition) is 6. The van der Waals surface area contributed by atoms with Gasteiger partial charge in [-0.1, -0.05) is 6.58 Å². The zero-order chi connectivity index (χ0) is 15.1. The molecule has 0 heterocycles. The Morgan fingerprint density at radius 3 is 1.89 bits per heavy atom. The largest absolute Gasteiger partial charge is 0.295 e. The highest BCUT2D eigenvalue weighted by Gasteiger charge is 2.26. The first-order chi connectivity index (χ1) is 8.39. The van der Waals surface area contributed by atoms with Gasteiger partial charge in [0.25, 0.3) is 20.2 Å². The summed E-state index contributed by atoms with van der Waals surface area (Å²) in [4.78, 5) is -3.10. The highest BCUT2D eigenvalue weighted by atomic mass is 32.2. The van der Waals surface area contributed by atoms with Crippen LogP contribution >= 0.6 is 0 Å². The van der Waals surface area contributed by atoms with Crippen molar-refractivity contribution in [3.8, 4) is 0 Å². The normalized spacial score (nSPS) is 13.2. The van der Waals surface area contributed by atoms with Crippen LogP contribution in [0.25, 0.3) is 0 Å². The van der Waals surface area contributed by atoms with Gasteiger partial charge >= 0.3 is 0 Å². The van der Waals surface area contributed by atoms with Gasteiger partial charge in [-0.2, -0.15) is 16.8 Å². The lowest BCUT2D eigenvalue weighted by molar-refractivity contribution is 0.478. The fraction of sp³-hybridized carbons (Fsp3) is 0. The topological polar surface area (TPSA) is 143 Å². The molecular formula is C8H7O8S3. The van der Waals surface area contributed by atoms with Crippen LogP contribution < -0.4 is 0 Å². The second kappa shape index (κ2) is 4.68. The van der Waals surface area contributed by atoms with Crippen LogP contribution in [0, 0.1) is 6.07 Å². The highest BCUT2D eigenvalue weighted by molar-refractivity contribution is 7.95. The molecular weight excluding hydrogens is 320 g/mol. The smallest absolute Gasteiger partial charge is 0.282 e. The molecule has 0 aliphatic rings. The van der Waals surface area contributed by atoms with E-state index in [0.29, 0.717) is 11.5 Å². The van der Waals surface area contributed by atoms with Crippen molar-refractivity contribution in [3.63, 3.8) is 0 Å². The van der Waals surface area contributed by atoms with E-state index in [-0.39, 0.29) is 6.07 Å². The third-order valence-electron chi connectivity index (χ3n) is 1.93. The SMILES string of the molecule is C=CS(=O)(=O)c1c[c]c(S(=O)(=O)O)cc1S(=O)(=O)O. The summed E-state index contributed by atoms with van der Waals surface area (Å²) in [5.41, 5.74) is 0. The Labute approximate surface area is 109 Å². The lowest BCUT2D eigenvalue weighted by atomic mass is 10.4. The van der Waals surface area contributed by atoms with Crippen LogP contribution in [-0.2, 0) is 30.1 Å². The van der Waals surface area contributed by atoms with Crippen LogP contribution in [0.4, 0.5) is 0 Å². The van der Waals surface area contributed by atoms with Gasteiger partial charge in [0, 0.05) is 11.5 Å². The van der Waals surface area contributed by atoms with Crippen LogP contribution in [0.5, 0.6) is 0 Å². The summed E-state index contributed by atoms with van der Waals surface area (Å²) in [6, 6.07) is 2.67. The molecule has 0 saturated carbocycles. The van der Waals surface area contributed by atoms with Crippen molar-refractivity contribution in [2.45, 2.75) is 14.7 Å². The standard InChI is InChI=1S/C8H7O8S3/c1-2-17(9,10)7-4-3-6(18(11,12)13)5-8(7)19(14,15)16/h2,4-5H,1H2,(H,11,12,13)(H,14,15,16). The van der Waals surface area contributed by atoms with Crippen molar-refractivity contribution in [2.75, 3.05) is 0 Å². The monoisotopic (exact) mass is 327 g/mol. The van der Waals surface area contributed by atoms with E-state index < -0.39 is 44.8 Å². The van der Waals surface area contributed by atoms with Gasteiger partial charge in [-0.05, 0) is 12.1 Å². The van der Waals surface area contributed by atoms with Crippen LogP contribution in [0.2, 0.25) is 0 Å². The molecule has 0 atom stereocenters. The zero-order valence-electron chi connectivity index (χ0n) is 9.01. The Bertz CT molecular complexity index is 830. The summed E-state index contributed by atoms with van der Waals surface area (Å²) in [6.07, 6.45) is 0. The van der Waals surface area contributed by atoms with Crippen molar-refractivity contribution in [2.24, 2.45) is 0 Å². The molecule has 0 fully saturated rings. The van der Waals surface area contributed by atoms with Crippen molar-refractivity contribution in [3.05, 3.63) is 30.2 Å². The summed E-state index contributed by atoms with van der Waals surface area (Å²) in [6.45, 7) is 2.96. The summed E-state index contributed by atoms with van der Waals surface area (Å²) < 4.78 is 84.4. The fourth-order valence-electron chi connectivity index (χ4n) is 1.10. The molecule has 1 aromatic rings. The van der Waals surface area contributed by atoms with Gasteiger partial charge in [0.2, 0.25) is 9.84 Å². The minimum Gasteiger partial charge on any atom is -0.282 e. The molecule has 8 nitrogen and oxygen atoms in total. The van der Waals surface area contributed by atoms with E-state index in [1.165, 1.54) is 0 Å². The fourth-order valence-corrected chi connectivity index (χ4v) is 3.64. The Morgan fingerprint density at radius 1 is 1.00 bits per heavy atom. The first-order valence-corrected chi connectivity index (χ1v) is 8.70. The predicted octanol–water partition coefficient (Wildman–Crippen LogP) is -0.103. The molecule has 1 aromatic carbocycles. The predicted molar refractivity (Wildman–Crippen MR) is 62.3 cm³/mol. The lowest BCUT2D eigenvalue weighted by Crippen LogP contribution is -2.09. The van der Waals surface area contributed by atoms with E-state index in [1.54, 1.807) is 0 Å². The number of benzene rings is 1. The molecule has 0 aliphatic heterocycles. The number of sulfone groups is 1.